The maximum atomic E-state index is 11.9. The van der Waals surface area contributed by atoms with E-state index in [0.717, 1.165) is 26.1 Å². The third kappa shape index (κ3) is 3.49. The highest BCUT2D eigenvalue weighted by molar-refractivity contribution is 7.89. The molecule has 2 rings (SSSR count). The van der Waals surface area contributed by atoms with Gasteiger partial charge >= 0.3 is 0 Å². The summed E-state index contributed by atoms with van der Waals surface area (Å²) in [4.78, 5) is 4.02. The number of ether oxygens (including phenoxy) is 1. The summed E-state index contributed by atoms with van der Waals surface area (Å²) in [5.74, 6) is 0.371. The maximum absolute atomic E-state index is 11.9. The molecule has 5 nitrogen and oxygen atoms in total. The van der Waals surface area contributed by atoms with Gasteiger partial charge in [-0.15, -0.1) is 0 Å². The van der Waals surface area contributed by atoms with Crippen molar-refractivity contribution in [3.05, 3.63) is 24.5 Å². The van der Waals surface area contributed by atoms with Crippen molar-refractivity contribution < 1.29 is 13.2 Å². The number of rotatable bonds is 4. The summed E-state index contributed by atoms with van der Waals surface area (Å²) >= 11 is 0. The molecule has 1 aromatic heterocycles. The SMILES string of the molecule is O=S(=O)(NCC1CCOCC1)c1cccnc1. The molecule has 94 valence electrons. The standard InChI is InChI=1S/C11H16N2O3S/c14-17(15,11-2-1-5-12-9-11)13-8-10-3-6-16-7-4-10/h1-2,5,9-10,13H,3-4,6-8H2. The third-order valence-electron chi connectivity index (χ3n) is 2.85. The molecule has 1 aromatic rings. The van der Waals surface area contributed by atoms with Crippen LogP contribution < -0.4 is 4.72 Å². The number of sulfonamides is 1. The Morgan fingerprint density at radius 2 is 2.18 bits per heavy atom. The van der Waals surface area contributed by atoms with Crippen molar-refractivity contribution in [2.75, 3.05) is 19.8 Å². The zero-order valence-corrected chi connectivity index (χ0v) is 10.3. The summed E-state index contributed by atoms with van der Waals surface area (Å²) in [6, 6.07) is 3.16. The van der Waals surface area contributed by atoms with Crippen LogP contribution in [0.5, 0.6) is 0 Å². The van der Waals surface area contributed by atoms with Crippen molar-refractivity contribution in [3.8, 4) is 0 Å². The molecule has 1 aliphatic rings. The Balaban J connectivity index is 1.94. The fourth-order valence-electron chi connectivity index (χ4n) is 1.77. The Hall–Kier alpha value is -0.980. The minimum Gasteiger partial charge on any atom is -0.381 e. The van der Waals surface area contributed by atoms with Gasteiger partial charge in [0, 0.05) is 32.2 Å². The second kappa shape index (κ2) is 5.57. The van der Waals surface area contributed by atoms with Gasteiger partial charge in [-0.25, -0.2) is 13.1 Å². The van der Waals surface area contributed by atoms with E-state index in [1.165, 1.54) is 6.20 Å². The smallest absolute Gasteiger partial charge is 0.242 e. The molecule has 0 radical (unpaired) electrons. The van der Waals surface area contributed by atoms with Gasteiger partial charge in [-0.3, -0.25) is 4.98 Å². The van der Waals surface area contributed by atoms with Crippen LogP contribution >= 0.6 is 0 Å². The van der Waals surface area contributed by atoms with Gasteiger partial charge in [-0.2, -0.15) is 0 Å². The molecule has 0 aromatic carbocycles. The fourth-order valence-corrected chi connectivity index (χ4v) is 2.85. The lowest BCUT2D eigenvalue weighted by Gasteiger charge is -2.22. The minimum atomic E-state index is -3.41. The van der Waals surface area contributed by atoms with Gasteiger partial charge in [-0.05, 0) is 30.9 Å². The number of hydrogen-bond donors (Lipinski definition) is 1. The number of hydrogen-bond acceptors (Lipinski definition) is 4. The van der Waals surface area contributed by atoms with Crippen molar-refractivity contribution >= 4 is 10.0 Å². The van der Waals surface area contributed by atoms with Crippen molar-refractivity contribution in [2.24, 2.45) is 5.92 Å². The van der Waals surface area contributed by atoms with E-state index in [1.807, 2.05) is 0 Å². The van der Waals surface area contributed by atoms with Crippen LogP contribution in [-0.2, 0) is 14.8 Å². The number of nitrogens with one attached hydrogen (secondary N) is 1. The van der Waals surface area contributed by atoms with E-state index in [9.17, 15) is 8.42 Å². The van der Waals surface area contributed by atoms with Crippen LogP contribution in [0.25, 0.3) is 0 Å². The van der Waals surface area contributed by atoms with Gasteiger partial charge in [0.25, 0.3) is 0 Å². The van der Waals surface area contributed by atoms with Crippen LogP contribution in [-0.4, -0.2) is 33.2 Å². The molecule has 0 amide bonds. The molecular weight excluding hydrogens is 240 g/mol. The monoisotopic (exact) mass is 256 g/mol. The van der Waals surface area contributed by atoms with Crippen LogP contribution in [0.4, 0.5) is 0 Å². The second-order valence-corrected chi connectivity index (χ2v) is 5.86. The van der Waals surface area contributed by atoms with E-state index in [4.69, 9.17) is 4.74 Å². The van der Waals surface area contributed by atoms with Gasteiger partial charge < -0.3 is 4.74 Å². The zero-order chi connectivity index (χ0) is 12.1. The predicted octanol–water partition coefficient (Wildman–Crippen LogP) is 0.786. The zero-order valence-electron chi connectivity index (χ0n) is 9.50. The van der Waals surface area contributed by atoms with Crippen LogP contribution in [0.1, 0.15) is 12.8 Å². The maximum Gasteiger partial charge on any atom is 0.242 e. The lowest BCUT2D eigenvalue weighted by Crippen LogP contribution is -2.32. The van der Waals surface area contributed by atoms with Gasteiger partial charge in [0.05, 0.1) is 0 Å². The predicted molar refractivity (Wildman–Crippen MR) is 63.0 cm³/mol. The first-order valence-electron chi connectivity index (χ1n) is 5.66. The average Bonchev–Trinajstić information content (AvgIpc) is 2.39. The summed E-state index contributed by atoms with van der Waals surface area (Å²) in [7, 11) is -3.41. The number of pyridine rings is 1. The average molecular weight is 256 g/mol. The molecule has 6 heteroatoms. The van der Waals surface area contributed by atoms with Gasteiger partial charge in [0.2, 0.25) is 10.0 Å². The van der Waals surface area contributed by atoms with Crippen LogP contribution in [0.15, 0.2) is 29.4 Å². The first-order chi connectivity index (χ1) is 8.18. The van der Waals surface area contributed by atoms with Crippen molar-refractivity contribution in [1.29, 1.82) is 0 Å². The van der Waals surface area contributed by atoms with Gasteiger partial charge in [0.1, 0.15) is 4.90 Å². The lowest BCUT2D eigenvalue weighted by molar-refractivity contribution is 0.0678. The normalized spacial score (nSPS) is 18.1. The molecule has 1 aliphatic heterocycles. The van der Waals surface area contributed by atoms with Crippen LogP contribution in [0, 0.1) is 5.92 Å². The second-order valence-electron chi connectivity index (χ2n) is 4.10. The molecule has 0 unspecified atom stereocenters. The van der Waals surface area contributed by atoms with E-state index in [2.05, 4.69) is 9.71 Å². The Morgan fingerprint density at radius 1 is 1.41 bits per heavy atom. The highest BCUT2D eigenvalue weighted by Gasteiger charge is 2.18. The van der Waals surface area contributed by atoms with E-state index in [-0.39, 0.29) is 4.90 Å². The molecule has 1 N–H and O–H groups in total. The quantitative estimate of drug-likeness (QED) is 0.864. The largest absolute Gasteiger partial charge is 0.381 e. The van der Waals surface area contributed by atoms with Gasteiger partial charge in [-0.1, -0.05) is 0 Å². The molecule has 0 aliphatic carbocycles. The Bertz CT molecular complexity index is 441. The molecule has 1 saturated heterocycles. The Morgan fingerprint density at radius 3 is 2.82 bits per heavy atom. The summed E-state index contributed by atoms with van der Waals surface area (Å²) in [5, 5.41) is 0. The summed E-state index contributed by atoms with van der Waals surface area (Å²) in [5.41, 5.74) is 0. The summed E-state index contributed by atoms with van der Waals surface area (Å²) < 4.78 is 31.6. The highest BCUT2D eigenvalue weighted by Crippen LogP contribution is 2.14. The number of aromatic nitrogens is 1. The Labute approximate surface area is 101 Å². The molecule has 0 saturated carbocycles. The van der Waals surface area contributed by atoms with E-state index in [0.29, 0.717) is 12.5 Å². The summed E-state index contributed by atoms with van der Waals surface area (Å²) in [6.07, 6.45) is 4.73. The first kappa shape index (κ1) is 12.5. The fraction of sp³-hybridized carbons (Fsp3) is 0.545. The van der Waals surface area contributed by atoms with Crippen molar-refractivity contribution in [1.82, 2.24) is 9.71 Å². The topological polar surface area (TPSA) is 68.3 Å². The first-order valence-corrected chi connectivity index (χ1v) is 7.14. The number of nitrogens with zero attached hydrogens (tertiary/aromatic N) is 1. The van der Waals surface area contributed by atoms with E-state index >= 15 is 0 Å². The molecule has 1 fully saturated rings. The highest BCUT2D eigenvalue weighted by atomic mass is 32.2. The van der Waals surface area contributed by atoms with Gasteiger partial charge in [0.15, 0.2) is 0 Å². The van der Waals surface area contributed by atoms with Crippen molar-refractivity contribution in [2.45, 2.75) is 17.7 Å². The van der Waals surface area contributed by atoms with Crippen molar-refractivity contribution in [3.63, 3.8) is 0 Å². The molecule has 17 heavy (non-hydrogen) atoms. The van der Waals surface area contributed by atoms with Crippen LogP contribution in [0.3, 0.4) is 0 Å². The molecule has 0 bridgehead atoms. The molecule has 0 atom stereocenters. The Kier molecular flexibility index (Phi) is 4.09. The lowest BCUT2D eigenvalue weighted by atomic mass is 10.0. The van der Waals surface area contributed by atoms with E-state index in [1.54, 1.807) is 18.3 Å². The minimum absolute atomic E-state index is 0.215. The van der Waals surface area contributed by atoms with Crippen LogP contribution in [0.2, 0.25) is 0 Å². The molecule has 0 spiro atoms. The molecular formula is C11H16N2O3S. The summed E-state index contributed by atoms with van der Waals surface area (Å²) in [6.45, 7) is 1.92. The third-order valence-corrected chi connectivity index (χ3v) is 4.26. The van der Waals surface area contributed by atoms with E-state index < -0.39 is 10.0 Å². The molecule has 2 heterocycles.